The third-order valence-corrected chi connectivity index (χ3v) is 3.58. The van der Waals surface area contributed by atoms with Crippen molar-refractivity contribution in [3.8, 4) is 0 Å². The van der Waals surface area contributed by atoms with Gasteiger partial charge in [0.2, 0.25) is 10.0 Å². The van der Waals surface area contributed by atoms with Crippen molar-refractivity contribution in [3.63, 3.8) is 0 Å². The number of nitrogens with one attached hydrogen (secondary N) is 1. The molecule has 0 saturated heterocycles. The predicted octanol–water partition coefficient (Wildman–Crippen LogP) is 1.81. The number of rotatable bonds is 6. The molecule has 0 heterocycles. The van der Waals surface area contributed by atoms with Gasteiger partial charge >= 0.3 is 0 Å². The monoisotopic (exact) mass is 242 g/mol. The Hall–Kier alpha value is -1.07. The third-order valence-electron chi connectivity index (χ3n) is 2.09. The molecule has 0 saturated carbocycles. The largest absolute Gasteiger partial charge is 0.284 e. The highest BCUT2D eigenvalue weighted by atomic mass is 32.2. The van der Waals surface area contributed by atoms with E-state index in [0.717, 1.165) is 5.56 Å². The molecule has 89 valence electrons. The molecule has 0 spiro atoms. The molecule has 0 unspecified atom stereocenters. The van der Waals surface area contributed by atoms with E-state index in [0.29, 0.717) is 18.5 Å². The van der Waals surface area contributed by atoms with E-state index < -0.39 is 10.0 Å². The van der Waals surface area contributed by atoms with Gasteiger partial charge in [-0.1, -0.05) is 19.1 Å². The summed E-state index contributed by atoms with van der Waals surface area (Å²) in [4.78, 5) is 0. The van der Waals surface area contributed by atoms with Crippen molar-refractivity contribution in [1.82, 2.24) is 0 Å². The van der Waals surface area contributed by atoms with E-state index in [1.807, 2.05) is 6.92 Å². The van der Waals surface area contributed by atoms with Crippen molar-refractivity contribution in [3.05, 3.63) is 29.8 Å². The van der Waals surface area contributed by atoms with E-state index in [2.05, 4.69) is 4.72 Å². The number of hydrogen-bond acceptors (Lipinski definition) is 2. The van der Waals surface area contributed by atoms with Crippen molar-refractivity contribution < 1.29 is 13.5 Å². The van der Waals surface area contributed by atoms with Gasteiger partial charge < -0.3 is 0 Å². The van der Waals surface area contributed by atoms with Crippen LogP contribution in [0.4, 0.5) is 5.69 Å². The molecular weight excluding hydrogens is 226 g/mol. The molecule has 0 bridgehead atoms. The number of benzene rings is 1. The highest BCUT2D eigenvalue weighted by Crippen LogP contribution is 2.12. The second-order valence-corrected chi connectivity index (χ2v) is 5.41. The van der Waals surface area contributed by atoms with Crippen molar-refractivity contribution in [2.45, 2.75) is 19.8 Å². The molecule has 1 aromatic carbocycles. The first kappa shape index (κ1) is 13.0. The molecular formula is C11H16NO3S. The van der Waals surface area contributed by atoms with Gasteiger partial charge in [-0.05, 0) is 30.5 Å². The van der Waals surface area contributed by atoms with Crippen LogP contribution in [-0.4, -0.2) is 20.8 Å². The zero-order chi connectivity index (χ0) is 12.0. The van der Waals surface area contributed by atoms with E-state index in [1.54, 1.807) is 24.3 Å². The van der Waals surface area contributed by atoms with Crippen LogP contribution in [0.5, 0.6) is 0 Å². The summed E-state index contributed by atoms with van der Waals surface area (Å²) in [5.74, 6) is 0.120. The smallest absolute Gasteiger partial charge is 0.232 e. The summed E-state index contributed by atoms with van der Waals surface area (Å²) in [6.07, 6.45) is 1.06. The highest BCUT2D eigenvalue weighted by Gasteiger charge is 2.08. The fraction of sp³-hybridized carbons (Fsp3) is 0.455. The van der Waals surface area contributed by atoms with Crippen LogP contribution < -0.4 is 4.72 Å². The normalized spacial score (nSPS) is 11.4. The van der Waals surface area contributed by atoms with Crippen LogP contribution in [0, 0.1) is 0 Å². The minimum atomic E-state index is -3.22. The van der Waals surface area contributed by atoms with E-state index in [9.17, 15) is 13.5 Å². The maximum absolute atomic E-state index is 11.4. The fourth-order valence-corrected chi connectivity index (χ4v) is 2.49. The molecule has 0 aliphatic heterocycles. The summed E-state index contributed by atoms with van der Waals surface area (Å²) >= 11 is 0. The Morgan fingerprint density at radius 2 is 1.81 bits per heavy atom. The highest BCUT2D eigenvalue weighted by molar-refractivity contribution is 7.92. The Morgan fingerprint density at radius 3 is 2.31 bits per heavy atom. The van der Waals surface area contributed by atoms with Crippen LogP contribution >= 0.6 is 0 Å². The quantitative estimate of drug-likeness (QED) is 0.826. The molecule has 1 radical (unpaired) electrons. The zero-order valence-corrected chi connectivity index (χ0v) is 10.1. The lowest BCUT2D eigenvalue weighted by Gasteiger charge is -2.07. The van der Waals surface area contributed by atoms with Crippen molar-refractivity contribution in [1.29, 1.82) is 0 Å². The molecule has 0 aromatic heterocycles. The lowest BCUT2D eigenvalue weighted by molar-refractivity contribution is 0.197. The number of sulfonamides is 1. The first-order chi connectivity index (χ1) is 7.57. The van der Waals surface area contributed by atoms with Gasteiger partial charge in [0, 0.05) is 5.69 Å². The van der Waals surface area contributed by atoms with E-state index >= 15 is 0 Å². The van der Waals surface area contributed by atoms with Gasteiger partial charge in [-0.25, -0.2) is 13.5 Å². The standard InChI is InChI=1S/C11H16NO3S/c1-2-9-16(14,15)12-11-5-3-10(4-6-11)7-8-13/h3-6,12H,2,7-9H2,1H3. The van der Waals surface area contributed by atoms with Crippen molar-refractivity contribution in [2.24, 2.45) is 0 Å². The van der Waals surface area contributed by atoms with Gasteiger partial charge in [-0.2, -0.15) is 0 Å². The van der Waals surface area contributed by atoms with E-state index in [4.69, 9.17) is 0 Å². The van der Waals surface area contributed by atoms with Crippen LogP contribution in [0.15, 0.2) is 24.3 Å². The Bertz CT molecular complexity index is 411. The second-order valence-electron chi connectivity index (χ2n) is 3.57. The molecule has 0 aliphatic carbocycles. The van der Waals surface area contributed by atoms with Crippen LogP contribution in [-0.2, 0) is 21.6 Å². The molecule has 16 heavy (non-hydrogen) atoms. The average Bonchev–Trinajstić information content (AvgIpc) is 2.21. The van der Waals surface area contributed by atoms with Gasteiger partial charge in [-0.3, -0.25) is 4.72 Å². The first-order valence-corrected chi connectivity index (χ1v) is 6.90. The van der Waals surface area contributed by atoms with Crippen LogP contribution in [0.2, 0.25) is 0 Å². The predicted molar refractivity (Wildman–Crippen MR) is 63.4 cm³/mol. The molecule has 5 heteroatoms. The summed E-state index contributed by atoms with van der Waals surface area (Å²) in [7, 11) is -3.22. The lowest BCUT2D eigenvalue weighted by atomic mass is 10.1. The summed E-state index contributed by atoms with van der Waals surface area (Å²) in [6, 6.07) is 6.89. The first-order valence-electron chi connectivity index (χ1n) is 5.25. The Balaban J connectivity index is 2.68. The van der Waals surface area contributed by atoms with E-state index in [-0.39, 0.29) is 12.4 Å². The average molecular weight is 242 g/mol. The molecule has 0 atom stereocenters. The molecule has 4 nitrogen and oxygen atoms in total. The fourth-order valence-electron chi connectivity index (χ4n) is 1.36. The second kappa shape index (κ2) is 5.86. The summed E-state index contributed by atoms with van der Waals surface area (Å²) in [5.41, 5.74) is 1.47. The van der Waals surface area contributed by atoms with Crippen molar-refractivity contribution >= 4 is 15.7 Å². The van der Waals surface area contributed by atoms with E-state index in [1.165, 1.54) is 0 Å². The van der Waals surface area contributed by atoms with Crippen molar-refractivity contribution in [2.75, 3.05) is 17.1 Å². The number of anilines is 1. The summed E-state index contributed by atoms with van der Waals surface area (Å²) in [6.45, 7) is 1.66. The SMILES string of the molecule is CCCS(=O)(=O)Nc1ccc(CC[O])cc1. The van der Waals surface area contributed by atoms with Crippen LogP contribution in [0.25, 0.3) is 0 Å². The zero-order valence-electron chi connectivity index (χ0n) is 9.27. The maximum Gasteiger partial charge on any atom is 0.232 e. The van der Waals surface area contributed by atoms with Crippen LogP contribution in [0.1, 0.15) is 18.9 Å². The third kappa shape index (κ3) is 4.20. The van der Waals surface area contributed by atoms with Gasteiger partial charge in [0.1, 0.15) is 0 Å². The summed E-state index contributed by atoms with van der Waals surface area (Å²) < 4.78 is 25.4. The molecule has 0 amide bonds. The van der Waals surface area contributed by atoms with Gasteiger partial charge in [0.25, 0.3) is 0 Å². The Kier molecular flexibility index (Phi) is 4.76. The lowest BCUT2D eigenvalue weighted by Crippen LogP contribution is -2.15. The van der Waals surface area contributed by atoms with Crippen LogP contribution in [0.3, 0.4) is 0 Å². The Morgan fingerprint density at radius 1 is 1.19 bits per heavy atom. The molecule has 0 aliphatic rings. The minimum Gasteiger partial charge on any atom is -0.284 e. The molecule has 0 fully saturated rings. The Labute approximate surface area is 96.4 Å². The van der Waals surface area contributed by atoms with Gasteiger partial charge in [0.15, 0.2) is 0 Å². The topological polar surface area (TPSA) is 66.1 Å². The number of hydrogen-bond donors (Lipinski definition) is 1. The molecule has 1 rings (SSSR count). The molecule has 1 N–H and O–H groups in total. The van der Waals surface area contributed by atoms with Gasteiger partial charge in [0.05, 0.1) is 12.4 Å². The minimum absolute atomic E-state index is 0.120. The molecule has 1 aromatic rings. The summed E-state index contributed by atoms with van der Waals surface area (Å²) in [5, 5.41) is 10.4. The van der Waals surface area contributed by atoms with Gasteiger partial charge in [-0.15, -0.1) is 0 Å². The maximum atomic E-state index is 11.4.